The minimum absolute atomic E-state index is 0.0938. The fourth-order valence-corrected chi connectivity index (χ4v) is 3.50. The van der Waals surface area contributed by atoms with Crippen LogP contribution in [0, 0.1) is 0 Å². The van der Waals surface area contributed by atoms with Gasteiger partial charge in [0, 0.05) is 23.4 Å². The highest BCUT2D eigenvalue weighted by atomic mass is 79.9. The van der Waals surface area contributed by atoms with E-state index < -0.39 is 70.4 Å². The second-order valence-corrected chi connectivity index (χ2v) is 9.02. The molecule has 0 aliphatic heterocycles. The second kappa shape index (κ2) is 11.5. The van der Waals surface area contributed by atoms with Gasteiger partial charge in [-0.25, -0.2) is 19.9 Å². The van der Waals surface area contributed by atoms with Gasteiger partial charge < -0.3 is 9.47 Å². The average Bonchev–Trinajstić information content (AvgIpc) is 2.86. The van der Waals surface area contributed by atoms with Crippen LogP contribution in [0.15, 0.2) is 51.8 Å². The molecule has 170 valence electrons. The van der Waals surface area contributed by atoms with E-state index in [0.717, 1.165) is 6.33 Å². The van der Waals surface area contributed by atoms with E-state index in [-0.39, 0.29) is 17.0 Å². The van der Waals surface area contributed by atoms with E-state index in [4.69, 9.17) is 17.7 Å². The van der Waals surface area contributed by atoms with Crippen LogP contribution >= 0.6 is 31.9 Å². The van der Waals surface area contributed by atoms with Crippen LogP contribution in [-0.2, 0) is 10.2 Å². The molecule has 0 radical (unpaired) electrons. The molecule has 13 heteroatoms. The molecule has 3 rings (SSSR count). The Morgan fingerprint density at radius 2 is 1.78 bits per heavy atom. The highest BCUT2D eigenvalue weighted by molar-refractivity contribution is 9.10. The van der Waals surface area contributed by atoms with Crippen molar-refractivity contribution in [2.45, 2.75) is 13.3 Å². The molecule has 0 amide bonds. The molecule has 3 aromatic rings. The largest absolute Gasteiger partial charge is 0.473 e. The third-order valence-electron chi connectivity index (χ3n) is 3.46. The normalized spacial score (nSPS) is 14.3. The van der Waals surface area contributed by atoms with Gasteiger partial charge >= 0.3 is 6.01 Å². The van der Waals surface area contributed by atoms with Gasteiger partial charge in [0.05, 0.1) is 18.3 Å². The van der Waals surface area contributed by atoms with Gasteiger partial charge in [-0.2, -0.15) is 13.1 Å². The molecule has 0 aliphatic rings. The topological polar surface area (TPSA) is 128 Å². The predicted octanol–water partition coefficient (Wildman–Crippen LogP) is 3.57. The molecule has 0 atom stereocenters. The van der Waals surface area contributed by atoms with Crippen LogP contribution in [0.25, 0.3) is 11.1 Å². The second-order valence-electron chi connectivity index (χ2n) is 5.81. The van der Waals surface area contributed by atoms with E-state index in [2.05, 4.69) is 61.2 Å². The summed E-state index contributed by atoms with van der Waals surface area (Å²) in [7, 11) is -4.20. The standard InChI is InChI=1S/C19H20Br2N6O4S/c1-2-7-26-32(28,29)27-17-16(13-3-5-14(20)6-4-13)18(25-12-24-17)30-8-9-31-19-22-10-15(21)11-23-19/h3-6,10-12,26H,2,7-9H2,1H3,(H,24,25,27)/i3D,4D,5D,6D,8D2. The summed E-state index contributed by atoms with van der Waals surface area (Å²) in [6.07, 6.45) is 4.16. The number of aromatic nitrogens is 4. The van der Waals surface area contributed by atoms with Crippen molar-refractivity contribution in [3.63, 3.8) is 0 Å². The maximum atomic E-state index is 12.6. The molecule has 0 bridgehead atoms. The first-order valence-electron chi connectivity index (χ1n) is 11.9. The van der Waals surface area contributed by atoms with Crippen molar-refractivity contribution in [2.75, 3.05) is 24.4 Å². The highest BCUT2D eigenvalue weighted by Crippen LogP contribution is 2.34. The third-order valence-corrected chi connectivity index (χ3v) is 5.31. The fraction of sp³-hybridized carbons (Fsp3) is 0.263. The Morgan fingerprint density at radius 3 is 2.47 bits per heavy atom. The number of hydrogen-bond donors (Lipinski definition) is 2. The molecule has 0 fully saturated rings. The molecule has 10 nitrogen and oxygen atoms in total. The van der Waals surface area contributed by atoms with Crippen molar-refractivity contribution < 1.29 is 26.1 Å². The van der Waals surface area contributed by atoms with Gasteiger partial charge in [0.25, 0.3) is 10.2 Å². The Morgan fingerprint density at radius 1 is 1.06 bits per heavy atom. The van der Waals surface area contributed by atoms with Gasteiger partial charge in [0.1, 0.15) is 19.5 Å². The van der Waals surface area contributed by atoms with Gasteiger partial charge in [-0.3, -0.25) is 4.72 Å². The number of hydrogen-bond acceptors (Lipinski definition) is 8. The van der Waals surface area contributed by atoms with Crippen LogP contribution in [0.2, 0.25) is 0 Å². The highest BCUT2D eigenvalue weighted by Gasteiger charge is 2.19. The van der Waals surface area contributed by atoms with Gasteiger partial charge in [0.2, 0.25) is 5.88 Å². The number of nitrogens with one attached hydrogen (secondary N) is 2. The quantitative estimate of drug-likeness (QED) is 0.345. The van der Waals surface area contributed by atoms with E-state index in [1.54, 1.807) is 6.92 Å². The average molecular weight is 594 g/mol. The Hall–Kier alpha value is -2.35. The van der Waals surface area contributed by atoms with Crippen molar-refractivity contribution in [1.29, 1.82) is 0 Å². The number of nitrogens with zero attached hydrogens (tertiary/aromatic N) is 4. The maximum absolute atomic E-state index is 12.6. The lowest BCUT2D eigenvalue weighted by atomic mass is 10.1. The summed E-state index contributed by atoms with van der Waals surface area (Å²) in [5.74, 6) is -1.03. The minimum Gasteiger partial charge on any atom is -0.473 e. The molecule has 2 N–H and O–H groups in total. The van der Waals surface area contributed by atoms with Gasteiger partial charge in [-0.05, 0) is 40.0 Å². The zero-order valence-corrected chi connectivity index (χ0v) is 20.4. The monoisotopic (exact) mass is 592 g/mol. The summed E-state index contributed by atoms with van der Waals surface area (Å²) < 4.78 is 90.4. The summed E-state index contributed by atoms with van der Waals surface area (Å²) in [6, 6.07) is -2.22. The summed E-state index contributed by atoms with van der Waals surface area (Å²) in [4.78, 5) is 15.6. The molecule has 0 aliphatic carbocycles. The Balaban J connectivity index is 2.11. The fourth-order valence-electron chi connectivity index (χ4n) is 2.14. The molecule has 32 heavy (non-hydrogen) atoms. The molecule has 0 unspecified atom stereocenters. The number of benzene rings is 1. The number of rotatable bonds is 11. The first-order chi connectivity index (χ1) is 17.8. The molecule has 2 heterocycles. The van der Waals surface area contributed by atoms with Crippen molar-refractivity contribution in [3.05, 3.63) is 51.8 Å². The minimum atomic E-state index is -4.20. The molecule has 2 aromatic heterocycles. The molecule has 1 aromatic carbocycles. The number of ether oxygens (including phenoxy) is 2. The lowest BCUT2D eigenvalue weighted by Crippen LogP contribution is -2.31. The molecular weight excluding hydrogens is 568 g/mol. The number of halogens is 2. The first-order valence-corrected chi connectivity index (χ1v) is 12.0. The Kier molecular flexibility index (Phi) is 6.17. The van der Waals surface area contributed by atoms with E-state index in [9.17, 15) is 8.42 Å². The molecule has 0 saturated heterocycles. The zero-order chi connectivity index (χ0) is 28.3. The molecule has 0 saturated carbocycles. The smallest absolute Gasteiger partial charge is 0.316 e. The van der Waals surface area contributed by atoms with E-state index >= 15 is 0 Å². The first kappa shape index (κ1) is 17.2. The predicted molar refractivity (Wildman–Crippen MR) is 127 cm³/mol. The van der Waals surface area contributed by atoms with Gasteiger partial charge in [-0.1, -0.05) is 34.9 Å². The SMILES string of the molecule is [2H]c1c([2H])c(-c2c(NS(=O)(=O)NCCC)ncnc2OC([2H])([2H])COc2ncc(Br)cn2)c([2H])c([2H])c1Br. The van der Waals surface area contributed by atoms with Crippen LogP contribution in [0.4, 0.5) is 5.82 Å². The van der Waals surface area contributed by atoms with Crippen LogP contribution in [0.3, 0.4) is 0 Å². The van der Waals surface area contributed by atoms with E-state index in [1.165, 1.54) is 12.4 Å². The Labute approximate surface area is 211 Å². The Bertz CT molecular complexity index is 1410. The van der Waals surface area contributed by atoms with Crippen LogP contribution in [0.5, 0.6) is 11.9 Å². The zero-order valence-electron chi connectivity index (χ0n) is 22.4. The van der Waals surface area contributed by atoms with Crippen molar-refractivity contribution >= 4 is 47.9 Å². The lowest BCUT2D eigenvalue weighted by Gasteiger charge is -2.15. The van der Waals surface area contributed by atoms with Crippen molar-refractivity contribution in [1.82, 2.24) is 24.7 Å². The summed E-state index contributed by atoms with van der Waals surface area (Å²) in [5, 5.41) is 0. The van der Waals surface area contributed by atoms with Crippen LogP contribution in [-0.4, -0.2) is 48.1 Å². The van der Waals surface area contributed by atoms with Gasteiger partial charge in [-0.15, -0.1) is 0 Å². The summed E-state index contributed by atoms with van der Waals surface area (Å²) >= 11 is 6.18. The van der Waals surface area contributed by atoms with E-state index in [0.29, 0.717) is 10.9 Å². The molecule has 0 spiro atoms. The van der Waals surface area contributed by atoms with Crippen LogP contribution in [0.1, 0.15) is 21.6 Å². The maximum Gasteiger partial charge on any atom is 0.316 e. The van der Waals surface area contributed by atoms with Crippen LogP contribution < -0.4 is 18.9 Å². The van der Waals surface area contributed by atoms with Crippen molar-refractivity contribution in [2.24, 2.45) is 0 Å². The molecular formula is C19H20Br2N6O4S. The third kappa shape index (κ3) is 7.08. The van der Waals surface area contributed by atoms with Gasteiger partial charge in [0.15, 0.2) is 5.82 Å². The number of anilines is 1. The summed E-state index contributed by atoms with van der Waals surface area (Å²) in [6.45, 7) is -1.49. The lowest BCUT2D eigenvalue weighted by molar-refractivity contribution is 0.202. The summed E-state index contributed by atoms with van der Waals surface area (Å²) in [5.41, 5.74) is -0.831. The van der Waals surface area contributed by atoms with Crippen molar-refractivity contribution in [3.8, 4) is 23.0 Å². The van der Waals surface area contributed by atoms with E-state index in [1.807, 2.05) is 0 Å².